The maximum Gasteiger partial charge on any atom is 0.223 e. The molecule has 1 rings (SSSR count). The van der Waals surface area contributed by atoms with Gasteiger partial charge in [-0.1, -0.05) is 15.9 Å². The van der Waals surface area contributed by atoms with Crippen molar-refractivity contribution in [2.45, 2.75) is 38.6 Å². The monoisotopic (exact) mass is 307 g/mol. The molecule has 0 unspecified atom stereocenters. The number of alkyl halides is 1. The summed E-state index contributed by atoms with van der Waals surface area (Å²) in [5.41, 5.74) is -0.0828. The van der Waals surface area contributed by atoms with Gasteiger partial charge in [0, 0.05) is 24.3 Å². The van der Waals surface area contributed by atoms with Gasteiger partial charge in [-0.25, -0.2) is 0 Å². The molecule has 0 bridgehead atoms. The Morgan fingerprint density at radius 3 is 2.50 bits per heavy atom. The number of halogens is 1. The molecule has 16 heavy (non-hydrogen) atoms. The minimum absolute atomic E-state index is 0.0828. The summed E-state index contributed by atoms with van der Waals surface area (Å²) in [5, 5.41) is 0.822. The predicted octanol–water partition coefficient (Wildman–Crippen LogP) is 3.15. The highest BCUT2D eigenvalue weighted by Gasteiger charge is 2.28. The van der Waals surface area contributed by atoms with Crippen molar-refractivity contribution in [1.29, 1.82) is 0 Å². The molecular weight excluding hydrogens is 286 g/mol. The molecule has 2 nitrogen and oxygen atoms in total. The molecule has 1 heterocycles. The van der Waals surface area contributed by atoms with Gasteiger partial charge in [-0.3, -0.25) is 4.79 Å². The van der Waals surface area contributed by atoms with E-state index in [1.807, 2.05) is 23.7 Å². The van der Waals surface area contributed by atoms with Crippen molar-refractivity contribution >= 4 is 33.6 Å². The van der Waals surface area contributed by atoms with E-state index in [1.165, 1.54) is 24.3 Å². The van der Waals surface area contributed by atoms with E-state index >= 15 is 0 Å². The number of hydrogen-bond donors (Lipinski definition) is 0. The Balaban J connectivity index is 2.44. The third kappa shape index (κ3) is 3.95. The van der Waals surface area contributed by atoms with Crippen molar-refractivity contribution < 1.29 is 4.79 Å². The summed E-state index contributed by atoms with van der Waals surface area (Å²) >= 11 is 5.48. The zero-order chi connectivity index (χ0) is 12.2. The largest absolute Gasteiger partial charge is 0.340 e. The summed E-state index contributed by atoms with van der Waals surface area (Å²) in [7, 11) is 1.92. The third-order valence-corrected chi connectivity index (χ3v) is 5.83. The number of hydrogen-bond acceptors (Lipinski definition) is 2. The quantitative estimate of drug-likeness (QED) is 0.744. The van der Waals surface area contributed by atoms with Crippen molar-refractivity contribution in [3.05, 3.63) is 0 Å². The van der Waals surface area contributed by atoms with Crippen LogP contribution in [0.3, 0.4) is 0 Å². The fraction of sp³-hybridized carbons (Fsp3) is 0.917. The molecule has 1 fully saturated rings. The van der Waals surface area contributed by atoms with Gasteiger partial charge in [0.15, 0.2) is 0 Å². The van der Waals surface area contributed by atoms with Crippen LogP contribution in [-0.4, -0.2) is 40.2 Å². The molecule has 0 aromatic heterocycles. The maximum atomic E-state index is 12.1. The van der Waals surface area contributed by atoms with Crippen molar-refractivity contribution in [3.8, 4) is 0 Å². The van der Waals surface area contributed by atoms with Crippen LogP contribution in [0.2, 0.25) is 0 Å². The Bertz CT molecular complexity index is 239. The Hall–Kier alpha value is 0.300. The van der Waals surface area contributed by atoms with E-state index in [0.29, 0.717) is 11.8 Å². The van der Waals surface area contributed by atoms with Crippen LogP contribution in [0.5, 0.6) is 0 Å². The molecule has 0 radical (unpaired) electrons. The predicted molar refractivity (Wildman–Crippen MR) is 75.3 cm³/mol. The van der Waals surface area contributed by atoms with Gasteiger partial charge >= 0.3 is 0 Å². The maximum absolute atomic E-state index is 12.1. The topological polar surface area (TPSA) is 20.3 Å². The second kappa shape index (κ2) is 6.29. The zero-order valence-electron chi connectivity index (χ0n) is 10.5. The van der Waals surface area contributed by atoms with Gasteiger partial charge in [-0.05, 0) is 44.1 Å². The van der Waals surface area contributed by atoms with Gasteiger partial charge in [0.1, 0.15) is 0 Å². The van der Waals surface area contributed by atoms with Crippen LogP contribution in [0.4, 0.5) is 0 Å². The molecule has 0 saturated carbocycles. The lowest BCUT2D eigenvalue weighted by Crippen LogP contribution is -2.46. The standard InChI is InChI=1S/C12H22BrNOS/c1-12(2,9-13)14(3)11(15)8-10-4-6-16-7-5-10/h10H,4-9H2,1-3H3. The summed E-state index contributed by atoms with van der Waals surface area (Å²) in [5.74, 6) is 3.36. The van der Waals surface area contributed by atoms with Crippen molar-refractivity contribution in [3.63, 3.8) is 0 Å². The smallest absolute Gasteiger partial charge is 0.223 e. The van der Waals surface area contributed by atoms with E-state index < -0.39 is 0 Å². The summed E-state index contributed by atoms with van der Waals surface area (Å²) in [4.78, 5) is 14.0. The number of rotatable bonds is 4. The molecule has 0 N–H and O–H groups in total. The second-order valence-electron chi connectivity index (χ2n) is 5.16. The highest BCUT2D eigenvalue weighted by Crippen LogP contribution is 2.27. The molecule has 0 aliphatic carbocycles. The zero-order valence-corrected chi connectivity index (χ0v) is 12.9. The molecule has 94 valence electrons. The first-order valence-electron chi connectivity index (χ1n) is 5.88. The lowest BCUT2D eigenvalue weighted by molar-refractivity contribution is -0.134. The van der Waals surface area contributed by atoms with Gasteiger partial charge in [-0.15, -0.1) is 0 Å². The van der Waals surface area contributed by atoms with Crippen LogP contribution in [0.15, 0.2) is 0 Å². The summed E-state index contributed by atoms with van der Waals surface area (Å²) in [6.45, 7) is 4.19. The molecule has 1 saturated heterocycles. The van der Waals surface area contributed by atoms with Crippen molar-refractivity contribution in [2.24, 2.45) is 5.92 Å². The number of nitrogens with zero attached hydrogens (tertiary/aromatic N) is 1. The number of thioether (sulfide) groups is 1. The van der Waals surface area contributed by atoms with Crippen LogP contribution in [0, 0.1) is 5.92 Å². The van der Waals surface area contributed by atoms with Gasteiger partial charge in [0.25, 0.3) is 0 Å². The summed E-state index contributed by atoms with van der Waals surface area (Å²) in [6, 6.07) is 0. The van der Waals surface area contributed by atoms with Crippen LogP contribution >= 0.6 is 27.7 Å². The van der Waals surface area contributed by atoms with Gasteiger partial charge < -0.3 is 4.90 Å². The Kier molecular flexibility index (Phi) is 5.65. The molecule has 0 aromatic carbocycles. The van der Waals surface area contributed by atoms with Gasteiger partial charge in [-0.2, -0.15) is 11.8 Å². The van der Waals surface area contributed by atoms with E-state index in [0.717, 1.165) is 11.8 Å². The number of carbonyl (C=O) groups excluding carboxylic acids is 1. The Labute approximate surface area is 112 Å². The van der Waals surface area contributed by atoms with E-state index in [4.69, 9.17) is 0 Å². The molecule has 0 aromatic rings. The second-order valence-corrected chi connectivity index (χ2v) is 6.94. The van der Waals surface area contributed by atoms with E-state index in [-0.39, 0.29) is 5.54 Å². The fourth-order valence-electron chi connectivity index (χ4n) is 1.76. The average Bonchev–Trinajstić information content (AvgIpc) is 2.29. The molecule has 1 aliphatic heterocycles. The van der Waals surface area contributed by atoms with Crippen LogP contribution in [0.1, 0.15) is 33.1 Å². The third-order valence-electron chi connectivity index (χ3n) is 3.41. The average molecular weight is 308 g/mol. The lowest BCUT2D eigenvalue weighted by Gasteiger charge is -2.35. The van der Waals surface area contributed by atoms with E-state index in [2.05, 4.69) is 29.8 Å². The van der Waals surface area contributed by atoms with E-state index in [9.17, 15) is 4.79 Å². The molecule has 0 atom stereocenters. The number of carbonyl (C=O) groups is 1. The Morgan fingerprint density at radius 1 is 1.44 bits per heavy atom. The minimum Gasteiger partial charge on any atom is -0.340 e. The van der Waals surface area contributed by atoms with Crippen LogP contribution in [-0.2, 0) is 4.79 Å². The first-order chi connectivity index (χ1) is 7.47. The first kappa shape index (κ1) is 14.4. The SMILES string of the molecule is CN(C(=O)CC1CCSCC1)C(C)(C)CBr. The lowest BCUT2D eigenvalue weighted by atomic mass is 9.96. The highest BCUT2D eigenvalue weighted by molar-refractivity contribution is 9.09. The Morgan fingerprint density at radius 2 is 2.00 bits per heavy atom. The highest BCUT2D eigenvalue weighted by atomic mass is 79.9. The first-order valence-corrected chi connectivity index (χ1v) is 8.15. The fourth-order valence-corrected chi connectivity index (χ4v) is 3.34. The molecule has 4 heteroatoms. The van der Waals surface area contributed by atoms with Gasteiger partial charge in [0.05, 0.1) is 0 Å². The number of amides is 1. The van der Waals surface area contributed by atoms with Crippen LogP contribution in [0.25, 0.3) is 0 Å². The molecular formula is C12H22BrNOS. The van der Waals surface area contributed by atoms with Crippen molar-refractivity contribution in [1.82, 2.24) is 4.90 Å². The summed E-state index contributed by atoms with van der Waals surface area (Å²) in [6.07, 6.45) is 3.14. The van der Waals surface area contributed by atoms with Gasteiger partial charge in [0.2, 0.25) is 5.91 Å². The normalized spacial score (nSPS) is 18.5. The van der Waals surface area contributed by atoms with Crippen molar-refractivity contribution in [2.75, 3.05) is 23.9 Å². The van der Waals surface area contributed by atoms with Crippen LogP contribution < -0.4 is 0 Å². The molecule has 0 spiro atoms. The molecule has 1 amide bonds. The van der Waals surface area contributed by atoms with E-state index in [1.54, 1.807) is 0 Å². The molecule has 1 aliphatic rings. The minimum atomic E-state index is -0.0828. The summed E-state index contributed by atoms with van der Waals surface area (Å²) < 4.78 is 0.